The lowest BCUT2D eigenvalue weighted by Gasteiger charge is -2.13. The minimum atomic E-state index is -4.60. The average Bonchev–Trinajstić information content (AvgIpc) is 3.33. The summed E-state index contributed by atoms with van der Waals surface area (Å²) in [5, 5.41) is 1.67. The zero-order chi connectivity index (χ0) is 21.9. The Bertz CT molecular complexity index is 1140. The van der Waals surface area contributed by atoms with Gasteiger partial charge in [0.25, 0.3) is 5.56 Å². The lowest BCUT2D eigenvalue weighted by molar-refractivity contribution is -0.138. The summed E-state index contributed by atoms with van der Waals surface area (Å²) in [5.41, 5.74) is -1.40. The van der Waals surface area contributed by atoms with Crippen LogP contribution in [0.15, 0.2) is 38.7 Å². The van der Waals surface area contributed by atoms with Gasteiger partial charge in [-0.1, -0.05) is 13.3 Å². The number of alkyl halides is 3. The highest BCUT2D eigenvalue weighted by molar-refractivity contribution is 5.76. The third-order valence-electron chi connectivity index (χ3n) is 4.41. The Balaban J connectivity index is 2.05. The summed E-state index contributed by atoms with van der Waals surface area (Å²) in [6.07, 6.45) is -0.391. The van der Waals surface area contributed by atoms with E-state index in [-0.39, 0.29) is 24.3 Å². The summed E-state index contributed by atoms with van der Waals surface area (Å²) in [6, 6.07) is 3.37. The van der Waals surface area contributed by atoms with Crippen LogP contribution in [0, 0.1) is 0 Å². The molecule has 3 heterocycles. The number of hydrogen-bond acceptors (Lipinski definition) is 5. The molecule has 1 amide bonds. The van der Waals surface area contributed by atoms with Crippen LogP contribution < -0.4 is 16.6 Å². The van der Waals surface area contributed by atoms with Gasteiger partial charge in [-0.15, -0.1) is 0 Å². The number of unbranched alkanes of at least 4 members (excludes halogenated alkanes) is 1. The van der Waals surface area contributed by atoms with E-state index < -0.39 is 36.4 Å². The number of aromatic nitrogens is 4. The second-order valence-corrected chi connectivity index (χ2v) is 6.70. The fourth-order valence-electron chi connectivity index (χ4n) is 2.98. The molecule has 30 heavy (non-hydrogen) atoms. The van der Waals surface area contributed by atoms with Gasteiger partial charge in [-0.3, -0.25) is 14.2 Å². The SMILES string of the molecule is CCCCn1c(=O)n(CC(=O)NCC(F)(F)F)c(=O)c2c1ncn2Cc1ccco1. The van der Waals surface area contributed by atoms with E-state index in [1.54, 1.807) is 17.4 Å². The molecule has 3 aromatic heterocycles. The molecule has 3 aromatic rings. The first-order valence-corrected chi connectivity index (χ1v) is 9.25. The van der Waals surface area contributed by atoms with Crippen LogP contribution in [-0.2, 0) is 24.4 Å². The summed E-state index contributed by atoms with van der Waals surface area (Å²) in [6.45, 7) is -0.0671. The molecule has 3 rings (SSSR count). The molecule has 0 aliphatic heterocycles. The predicted molar refractivity (Wildman–Crippen MR) is 100 cm³/mol. The summed E-state index contributed by atoms with van der Waals surface area (Å²) in [4.78, 5) is 41.9. The van der Waals surface area contributed by atoms with Gasteiger partial charge in [0.15, 0.2) is 11.2 Å². The molecule has 0 saturated heterocycles. The topological polar surface area (TPSA) is 104 Å². The quantitative estimate of drug-likeness (QED) is 0.587. The molecule has 9 nitrogen and oxygen atoms in total. The van der Waals surface area contributed by atoms with Crippen molar-refractivity contribution >= 4 is 17.1 Å². The largest absolute Gasteiger partial charge is 0.467 e. The van der Waals surface area contributed by atoms with Crippen molar-refractivity contribution in [3.8, 4) is 0 Å². The zero-order valence-electron chi connectivity index (χ0n) is 16.1. The maximum atomic E-state index is 13.0. The Morgan fingerprint density at radius 3 is 2.67 bits per heavy atom. The van der Waals surface area contributed by atoms with Crippen molar-refractivity contribution in [1.82, 2.24) is 24.0 Å². The van der Waals surface area contributed by atoms with Crippen LogP contribution in [0.1, 0.15) is 25.5 Å². The van der Waals surface area contributed by atoms with Gasteiger partial charge >= 0.3 is 11.9 Å². The molecule has 0 radical (unpaired) electrons. The van der Waals surface area contributed by atoms with Crippen LogP contribution in [-0.4, -0.2) is 37.3 Å². The number of fused-ring (bicyclic) bond motifs is 1. The molecular formula is C18H20F3N5O4. The Kier molecular flexibility index (Phi) is 6.13. The number of furan rings is 1. The second kappa shape index (κ2) is 8.59. The van der Waals surface area contributed by atoms with E-state index in [4.69, 9.17) is 4.42 Å². The van der Waals surface area contributed by atoms with Gasteiger partial charge in [0.05, 0.1) is 19.1 Å². The van der Waals surface area contributed by atoms with Gasteiger partial charge in [0, 0.05) is 6.54 Å². The van der Waals surface area contributed by atoms with Crippen LogP contribution in [0.25, 0.3) is 11.2 Å². The van der Waals surface area contributed by atoms with Crippen molar-refractivity contribution in [2.24, 2.45) is 0 Å². The summed E-state index contributed by atoms with van der Waals surface area (Å²) in [5.74, 6) is -0.556. The molecular weight excluding hydrogens is 407 g/mol. The van der Waals surface area contributed by atoms with Crippen molar-refractivity contribution in [3.05, 3.63) is 51.3 Å². The molecule has 1 N–H and O–H groups in total. The number of rotatable bonds is 8. The minimum absolute atomic E-state index is 0.0609. The highest BCUT2D eigenvalue weighted by Crippen LogP contribution is 2.13. The fourth-order valence-corrected chi connectivity index (χ4v) is 2.98. The predicted octanol–water partition coefficient (Wildman–Crippen LogP) is 1.48. The zero-order valence-corrected chi connectivity index (χ0v) is 16.1. The molecule has 0 bridgehead atoms. The summed E-state index contributed by atoms with van der Waals surface area (Å²) >= 11 is 0. The highest BCUT2D eigenvalue weighted by atomic mass is 19.4. The maximum Gasteiger partial charge on any atom is 0.405 e. The van der Waals surface area contributed by atoms with E-state index in [0.717, 1.165) is 6.42 Å². The number of imidazole rings is 1. The van der Waals surface area contributed by atoms with Gasteiger partial charge in [-0.2, -0.15) is 13.2 Å². The third kappa shape index (κ3) is 4.63. The minimum Gasteiger partial charge on any atom is -0.467 e. The molecule has 162 valence electrons. The molecule has 0 spiro atoms. The third-order valence-corrected chi connectivity index (χ3v) is 4.41. The maximum absolute atomic E-state index is 13.0. The number of carbonyl (C=O) groups excluding carboxylic acids is 1. The molecule has 0 aliphatic rings. The van der Waals surface area contributed by atoms with Gasteiger partial charge in [0.2, 0.25) is 5.91 Å². The first-order valence-electron chi connectivity index (χ1n) is 9.25. The van der Waals surface area contributed by atoms with E-state index in [2.05, 4.69) is 4.98 Å². The molecule has 0 aromatic carbocycles. The number of amides is 1. The summed E-state index contributed by atoms with van der Waals surface area (Å²) in [7, 11) is 0. The average molecular weight is 427 g/mol. The number of aryl methyl sites for hydroxylation is 1. The van der Waals surface area contributed by atoms with Crippen molar-refractivity contribution in [2.45, 2.75) is 45.6 Å². The number of nitrogens with one attached hydrogen (secondary N) is 1. The van der Waals surface area contributed by atoms with Crippen LogP contribution in [0.2, 0.25) is 0 Å². The molecule has 0 saturated carbocycles. The second-order valence-electron chi connectivity index (χ2n) is 6.70. The summed E-state index contributed by atoms with van der Waals surface area (Å²) < 4.78 is 45.7. The number of halogens is 3. The van der Waals surface area contributed by atoms with Crippen LogP contribution >= 0.6 is 0 Å². The number of hydrogen-bond donors (Lipinski definition) is 1. The first-order chi connectivity index (χ1) is 14.2. The monoisotopic (exact) mass is 427 g/mol. The van der Waals surface area contributed by atoms with Crippen molar-refractivity contribution in [3.63, 3.8) is 0 Å². The van der Waals surface area contributed by atoms with E-state index in [1.165, 1.54) is 21.7 Å². The van der Waals surface area contributed by atoms with E-state index in [1.807, 2.05) is 6.92 Å². The number of nitrogens with zero attached hydrogens (tertiary/aromatic N) is 4. The van der Waals surface area contributed by atoms with Crippen molar-refractivity contribution in [2.75, 3.05) is 6.54 Å². The van der Waals surface area contributed by atoms with E-state index in [9.17, 15) is 27.6 Å². The first kappa shape index (κ1) is 21.4. The van der Waals surface area contributed by atoms with Gasteiger partial charge < -0.3 is 14.3 Å². The lowest BCUT2D eigenvalue weighted by atomic mass is 10.3. The van der Waals surface area contributed by atoms with Gasteiger partial charge in [-0.25, -0.2) is 14.3 Å². The van der Waals surface area contributed by atoms with Crippen LogP contribution in [0.3, 0.4) is 0 Å². The van der Waals surface area contributed by atoms with Crippen molar-refractivity contribution < 1.29 is 22.4 Å². The molecule has 0 fully saturated rings. The van der Waals surface area contributed by atoms with E-state index >= 15 is 0 Å². The van der Waals surface area contributed by atoms with Gasteiger partial charge in [-0.05, 0) is 18.6 Å². The lowest BCUT2D eigenvalue weighted by Crippen LogP contribution is -2.45. The van der Waals surface area contributed by atoms with Crippen molar-refractivity contribution in [1.29, 1.82) is 0 Å². The molecule has 0 aliphatic carbocycles. The molecule has 0 atom stereocenters. The standard InChI is InChI=1S/C18H20F3N5O4/c1-2-3-6-25-15-14(24(11-23-15)8-12-5-4-7-30-12)16(28)26(17(25)29)9-13(27)22-10-18(19,20)21/h4-5,7,11H,2-3,6,8-10H2,1H3,(H,22,27). The Morgan fingerprint density at radius 1 is 1.27 bits per heavy atom. The normalized spacial score (nSPS) is 11.9. The highest BCUT2D eigenvalue weighted by Gasteiger charge is 2.28. The Morgan fingerprint density at radius 2 is 2.03 bits per heavy atom. The Labute approximate surface area is 167 Å². The molecule has 0 unspecified atom stereocenters. The molecule has 12 heteroatoms. The number of carbonyl (C=O) groups is 1. The van der Waals surface area contributed by atoms with E-state index in [0.29, 0.717) is 16.7 Å². The smallest absolute Gasteiger partial charge is 0.405 e. The van der Waals surface area contributed by atoms with Crippen LogP contribution in [0.4, 0.5) is 13.2 Å². The fraction of sp³-hybridized carbons (Fsp3) is 0.444. The van der Waals surface area contributed by atoms with Crippen LogP contribution in [0.5, 0.6) is 0 Å². The Hall–Kier alpha value is -3.31. The van der Waals surface area contributed by atoms with Gasteiger partial charge in [0.1, 0.15) is 18.8 Å².